The highest BCUT2D eigenvalue weighted by Gasteiger charge is 2.33. The third kappa shape index (κ3) is 3.93. The number of carbonyl (C=O) groups is 1. The molecule has 1 saturated heterocycles. The molecule has 1 fully saturated rings. The van der Waals surface area contributed by atoms with Crippen LogP contribution >= 0.6 is 0 Å². The number of nitriles is 1. The van der Waals surface area contributed by atoms with Crippen LogP contribution in [0.5, 0.6) is 11.5 Å². The highest BCUT2D eigenvalue weighted by molar-refractivity contribution is 5.78. The van der Waals surface area contributed by atoms with Gasteiger partial charge in [0.25, 0.3) is 5.91 Å². The number of benzene rings is 1. The number of amides is 1. The Morgan fingerprint density at radius 2 is 2.13 bits per heavy atom. The van der Waals surface area contributed by atoms with Crippen molar-refractivity contribution in [1.82, 2.24) is 9.80 Å². The molecule has 1 heterocycles. The summed E-state index contributed by atoms with van der Waals surface area (Å²) in [5.41, 5.74) is 0.489. The van der Waals surface area contributed by atoms with Crippen LogP contribution in [0.4, 0.5) is 0 Å². The van der Waals surface area contributed by atoms with E-state index in [0.717, 1.165) is 13.1 Å². The van der Waals surface area contributed by atoms with Gasteiger partial charge in [0.05, 0.1) is 18.7 Å². The van der Waals surface area contributed by atoms with Crippen molar-refractivity contribution in [2.75, 3.05) is 40.9 Å². The Kier molecular flexibility index (Phi) is 5.45. The lowest BCUT2D eigenvalue weighted by Gasteiger charge is -2.22. The van der Waals surface area contributed by atoms with Gasteiger partial charge in [0.15, 0.2) is 18.1 Å². The molecule has 1 aromatic rings. The number of methoxy groups -OCH3 is 1. The first-order valence-electron chi connectivity index (χ1n) is 7.61. The van der Waals surface area contributed by atoms with Crippen molar-refractivity contribution in [2.45, 2.75) is 13.0 Å². The van der Waals surface area contributed by atoms with E-state index in [4.69, 9.17) is 14.7 Å². The van der Waals surface area contributed by atoms with Gasteiger partial charge in [-0.05, 0) is 32.1 Å². The zero-order valence-electron chi connectivity index (χ0n) is 14.1. The molecule has 0 N–H and O–H groups in total. The molecule has 0 saturated carbocycles. The smallest absolute Gasteiger partial charge is 0.260 e. The third-order valence-corrected chi connectivity index (χ3v) is 4.23. The maximum absolute atomic E-state index is 12.3. The molecule has 0 bridgehead atoms. The van der Waals surface area contributed by atoms with Crippen molar-refractivity contribution in [1.29, 1.82) is 5.26 Å². The molecule has 124 valence electrons. The molecule has 0 radical (unpaired) electrons. The standard InChI is InChI=1S/C17H23N3O3/c1-12-9-20(10-14(12)19(2)3)17(21)11-23-15-6-5-13(8-18)7-16(15)22-4/h5-7,12,14H,9-11H2,1-4H3/t12-,14+/m0/s1. The number of hydrogen-bond donors (Lipinski definition) is 0. The second kappa shape index (κ2) is 7.34. The molecular formula is C17H23N3O3. The van der Waals surface area contributed by atoms with Crippen molar-refractivity contribution in [3.63, 3.8) is 0 Å². The summed E-state index contributed by atoms with van der Waals surface area (Å²) < 4.78 is 10.8. The van der Waals surface area contributed by atoms with Crippen LogP contribution in [0.2, 0.25) is 0 Å². The molecule has 2 rings (SSSR count). The summed E-state index contributed by atoms with van der Waals surface area (Å²) >= 11 is 0. The van der Waals surface area contributed by atoms with Crippen molar-refractivity contribution >= 4 is 5.91 Å². The fourth-order valence-corrected chi connectivity index (χ4v) is 2.91. The van der Waals surface area contributed by atoms with Gasteiger partial charge >= 0.3 is 0 Å². The quantitative estimate of drug-likeness (QED) is 0.820. The van der Waals surface area contributed by atoms with Gasteiger partial charge in [0, 0.05) is 25.2 Å². The Morgan fingerprint density at radius 1 is 1.39 bits per heavy atom. The summed E-state index contributed by atoms with van der Waals surface area (Å²) in [7, 11) is 5.58. The summed E-state index contributed by atoms with van der Waals surface area (Å²) in [6, 6.07) is 7.31. The molecule has 6 heteroatoms. The van der Waals surface area contributed by atoms with Crippen LogP contribution in [0.25, 0.3) is 0 Å². The normalized spacial score (nSPS) is 20.4. The lowest BCUT2D eigenvalue weighted by atomic mass is 10.1. The second-order valence-corrected chi connectivity index (χ2v) is 6.07. The van der Waals surface area contributed by atoms with Crippen LogP contribution < -0.4 is 9.47 Å². The van der Waals surface area contributed by atoms with Crippen molar-refractivity contribution in [2.24, 2.45) is 5.92 Å². The Bertz CT molecular complexity index is 610. The van der Waals surface area contributed by atoms with Crippen LogP contribution in [0, 0.1) is 17.2 Å². The fraction of sp³-hybridized carbons (Fsp3) is 0.529. The van der Waals surface area contributed by atoms with E-state index >= 15 is 0 Å². The Hall–Kier alpha value is -2.26. The monoisotopic (exact) mass is 317 g/mol. The molecule has 0 unspecified atom stereocenters. The van der Waals surface area contributed by atoms with Gasteiger partial charge in [-0.2, -0.15) is 5.26 Å². The summed E-state index contributed by atoms with van der Waals surface area (Å²) in [6.07, 6.45) is 0. The van der Waals surface area contributed by atoms with Crippen molar-refractivity contribution in [3.8, 4) is 17.6 Å². The van der Waals surface area contributed by atoms with Gasteiger partial charge in [0.2, 0.25) is 0 Å². The SMILES string of the molecule is COc1cc(C#N)ccc1OCC(=O)N1C[C@@H](N(C)C)[C@@H](C)C1. The summed E-state index contributed by atoms with van der Waals surface area (Å²) in [6.45, 7) is 3.59. The molecule has 6 nitrogen and oxygen atoms in total. The predicted octanol–water partition coefficient (Wildman–Crippen LogP) is 1.35. The average Bonchev–Trinajstić information content (AvgIpc) is 2.94. The minimum absolute atomic E-state index is 0.0326. The van der Waals surface area contributed by atoms with E-state index in [1.807, 2.05) is 25.1 Å². The molecule has 0 aromatic heterocycles. The van der Waals surface area contributed by atoms with Gasteiger partial charge in [-0.25, -0.2) is 0 Å². The number of nitrogens with zero attached hydrogens (tertiary/aromatic N) is 3. The summed E-state index contributed by atoms with van der Waals surface area (Å²) in [5, 5.41) is 8.89. The first-order chi connectivity index (χ1) is 11.0. The molecule has 1 aromatic carbocycles. The van der Waals surface area contributed by atoms with E-state index in [2.05, 4.69) is 11.8 Å². The maximum Gasteiger partial charge on any atom is 0.260 e. The zero-order chi connectivity index (χ0) is 17.0. The molecule has 1 amide bonds. The summed E-state index contributed by atoms with van der Waals surface area (Å²) in [5.74, 6) is 1.33. The largest absolute Gasteiger partial charge is 0.493 e. The lowest BCUT2D eigenvalue weighted by Crippen LogP contribution is -2.37. The minimum Gasteiger partial charge on any atom is -0.493 e. The number of rotatable bonds is 5. The topological polar surface area (TPSA) is 65.8 Å². The van der Waals surface area contributed by atoms with E-state index in [0.29, 0.717) is 29.0 Å². The van der Waals surface area contributed by atoms with E-state index in [9.17, 15) is 4.79 Å². The van der Waals surface area contributed by atoms with Crippen LogP contribution in [0.3, 0.4) is 0 Å². The molecule has 2 atom stereocenters. The van der Waals surface area contributed by atoms with Crippen LogP contribution in [0.1, 0.15) is 12.5 Å². The molecule has 0 aliphatic carbocycles. The number of hydrogen-bond acceptors (Lipinski definition) is 5. The molecule has 0 spiro atoms. The maximum atomic E-state index is 12.3. The first-order valence-corrected chi connectivity index (χ1v) is 7.61. The first kappa shape index (κ1) is 17.1. The number of ether oxygens (including phenoxy) is 2. The van der Waals surface area contributed by atoms with Gasteiger partial charge in [-0.15, -0.1) is 0 Å². The molecule has 1 aliphatic rings. The fourth-order valence-electron chi connectivity index (χ4n) is 2.91. The third-order valence-electron chi connectivity index (χ3n) is 4.23. The number of likely N-dealkylation sites (N-methyl/N-ethyl adjacent to an activating group) is 1. The number of likely N-dealkylation sites (tertiary alicyclic amines) is 1. The van der Waals surface area contributed by atoms with Crippen molar-refractivity contribution in [3.05, 3.63) is 23.8 Å². The minimum atomic E-state index is -0.0346. The van der Waals surface area contributed by atoms with Gasteiger partial charge < -0.3 is 19.3 Å². The second-order valence-electron chi connectivity index (χ2n) is 6.07. The Morgan fingerprint density at radius 3 is 2.70 bits per heavy atom. The van der Waals surface area contributed by atoms with E-state index in [-0.39, 0.29) is 12.5 Å². The van der Waals surface area contributed by atoms with Gasteiger partial charge in [-0.3, -0.25) is 4.79 Å². The average molecular weight is 317 g/mol. The van der Waals surface area contributed by atoms with E-state index in [1.54, 1.807) is 18.2 Å². The highest BCUT2D eigenvalue weighted by atomic mass is 16.5. The molecular weight excluding hydrogens is 294 g/mol. The summed E-state index contributed by atoms with van der Waals surface area (Å²) in [4.78, 5) is 16.3. The Balaban J connectivity index is 1.96. The molecule has 23 heavy (non-hydrogen) atoms. The van der Waals surface area contributed by atoms with Gasteiger partial charge in [0.1, 0.15) is 0 Å². The molecule has 1 aliphatic heterocycles. The van der Waals surface area contributed by atoms with Gasteiger partial charge in [-0.1, -0.05) is 6.92 Å². The number of carbonyl (C=O) groups excluding carboxylic acids is 1. The Labute approximate surface area is 137 Å². The van der Waals surface area contributed by atoms with E-state index < -0.39 is 0 Å². The van der Waals surface area contributed by atoms with Crippen molar-refractivity contribution < 1.29 is 14.3 Å². The van der Waals surface area contributed by atoms with Crippen LogP contribution in [-0.2, 0) is 4.79 Å². The predicted molar refractivity (Wildman–Crippen MR) is 86.4 cm³/mol. The highest BCUT2D eigenvalue weighted by Crippen LogP contribution is 2.28. The zero-order valence-corrected chi connectivity index (χ0v) is 14.1. The van der Waals surface area contributed by atoms with Crippen LogP contribution in [-0.4, -0.2) is 62.7 Å². The lowest BCUT2D eigenvalue weighted by molar-refractivity contribution is -0.132. The van der Waals surface area contributed by atoms with Crippen LogP contribution in [0.15, 0.2) is 18.2 Å². The van der Waals surface area contributed by atoms with E-state index in [1.165, 1.54) is 7.11 Å².